The van der Waals surface area contributed by atoms with E-state index in [0.717, 1.165) is 19.1 Å². The molecule has 0 spiro atoms. The fourth-order valence-corrected chi connectivity index (χ4v) is 1.81. The zero-order chi connectivity index (χ0) is 15.0. The van der Waals surface area contributed by atoms with Gasteiger partial charge in [-0.2, -0.15) is 0 Å². The Hall–Kier alpha value is -2.10. The summed E-state index contributed by atoms with van der Waals surface area (Å²) < 4.78 is 10.6. The van der Waals surface area contributed by atoms with Crippen LogP contribution in [0.3, 0.4) is 0 Å². The lowest BCUT2D eigenvalue weighted by Gasteiger charge is -2.14. The molecule has 0 atom stereocenters. The standard InChI is InChI=1S/C16H20O4/c1-4-6-8-15(18)20-16-13(7-5-2)9-12(11-17)10-14(16)19-3/h5,9-11H,2,4,6-8H2,1,3H3. The fraction of sp³-hybridized carbons (Fsp3) is 0.375. The molecule has 4 heteroatoms. The van der Waals surface area contributed by atoms with Gasteiger partial charge in [0.2, 0.25) is 0 Å². The molecule has 0 aliphatic carbocycles. The number of ether oxygens (including phenoxy) is 2. The first-order chi connectivity index (χ1) is 9.65. The van der Waals surface area contributed by atoms with Crippen LogP contribution in [-0.2, 0) is 11.2 Å². The Bertz CT molecular complexity index is 491. The maximum Gasteiger partial charge on any atom is 0.311 e. The van der Waals surface area contributed by atoms with E-state index in [1.165, 1.54) is 7.11 Å². The zero-order valence-electron chi connectivity index (χ0n) is 12.0. The number of carbonyl (C=O) groups is 2. The smallest absolute Gasteiger partial charge is 0.311 e. The summed E-state index contributed by atoms with van der Waals surface area (Å²) in [6, 6.07) is 3.24. The number of esters is 1. The van der Waals surface area contributed by atoms with Gasteiger partial charge in [-0.05, 0) is 25.0 Å². The summed E-state index contributed by atoms with van der Waals surface area (Å²) in [4.78, 5) is 22.7. The quantitative estimate of drug-likeness (QED) is 0.316. The maximum absolute atomic E-state index is 11.8. The largest absolute Gasteiger partial charge is 0.493 e. The summed E-state index contributed by atoms with van der Waals surface area (Å²) in [5.74, 6) is 0.463. The van der Waals surface area contributed by atoms with Crippen LogP contribution in [0.2, 0.25) is 0 Å². The highest BCUT2D eigenvalue weighted by atomic mass is 16.6. The number of allylic oxidation sites excluding steroid dienone is 1. The second-order valence-corrected chi connectivity index (χ2v) is 4.40. The van der Waals surface area contributed by atoms with Crippen LogP contribution in [0, 0.1) is 0 Å². The molecule has 108 valence electrons. The molecule has 1 aromatic rings. The molecule has 1 aromatic carbocycles. The molecule has 0 saturated carbocycles. The number of unbranched alkanes of at least 4 members (excludes halogenated alkanes) is 1. The first-order valence-corrected chi connectivity index (χ1v) is 6.63. The SMILES string of the molecule is C=CCc1cc(C=O)cc(OC)c1OC(=O)CCCC. The normalized spacial score (nSPS) is 9.90. The van der Waals surface area contributed by atoms with Gasteiger partial charge in [-0.3, -0.25) is 9.59 Å². The Morgan fingerprint density at radius 3 is 2.70 bits per heavy atom. The molecule has 0 aliphatic heterocycles. The van der Waals surface area contributed by atoms with Gasteiger partial charge < -0.3 is 9.47 Å². The first-order valence-electron chi connectivity index (χ1n) is 6.63. The van der Waals surface area contributed by atoms with Crippen molar-refractivity contribution in [3.63, 3.8) is 0 Å². The van der Waals surface area contributed by atoms with Crippen LogP contribution in [0.25, 0.3) is 0 Å². The Balaban J connectivity index is 3.10. The number of methoxy groups -OCH3 is 1. The third kappa shape index (κ3) is 4.23. The monoisotopic (exact) mass is 276 g/mol. The lowest BCUT2D eigenvalue weighted by molar-refractivity contribution is -0.134. The number of rotatable bonds is 8. The van der Waals surface area contributed by atoms with E-state index in [1.807, 2.05) is 6.92 Å². The number of hydrogen-bond acceptors (Lipinski definition) is 4. The van der Waals surface area contributed by atoms with Crippen molar-refractivity contribution in [2.45, 2.75) is 32.6 Å². The van der Waals surface area contributed by atoms with Crippen LogP contribution < -0.4 is 9.47 Å². The van der Waals surface area contributed by atoms with Gasteiger partial charge in [0.25, 0.3) is 0 Å². The zero-order valence-corrected chi connectivity index (χ0v) is 12.0. The molecular formula is C16H20O4. The Morgan fingerprint density at radius 1 is 1.40 bits per heavy atom. The average Bonchev–Trinajstić information content (AvgIpc) is 2.46. The predicted molar refractivity (Wildman–Crippen MR) is 77.4 cm³/mol. The Kier molecular flexibility index (Phi) is 6.50. The number of benzene rings is 1. The molecule has 0 radical (unpaired) electrons. The topological polar surface area (TPSA) is 52.6 Å². The number of hydrogen-bond donors (Lipinski definition) is 0. The van der Waals surface area contributed by atoms with E-state index in [4.69, 9.17) is 9.47 Å². The molecule has 0 unspecified atom stereocenters. The van der Waals surface area contributed by atoms with E-state index in [0.29, 0.717) is 35.5 Å². The average molecular weight is 276 g/mol. The van der Waals surface area contributed by atoms with Crippen molar-refractivity contribution in [2.24, 2.45) is 0 Å². The molecule has 0 saturated heterocycles. The summed E-state index contributed by atoms with van der Waals surface area (Å²) in [7, 11) is 1.48. The summed E-state index contributed by atoms with van der Waals surface area (Å²) in [5.41, 5.74) is 1.19. The summed E-state index contributed by atoms with van der Waals surface area (Å²) in [5, 5.41) is 0. The van der Waals surface area contributed by atoms with Gasteiger partial charge in [0.05, 0.1) is 7.11 Å². The molecule has 0 N–H and O–H groups in total. The molecule has 1 rings (SSSR count). The van der Waals surface area contributed by atoms with Crippen molar-refractivity contribution in [2.75, 3.05) is 7.11 Å². The molecule has 20 heavy (non-hydrogen) atoms. The van der Waals surface area contributed by atoms with Crippen LogP contribution >= 0.6 is 0 Å². The van der Waals surface area contributed by atoms with Crippen LogP contribution in [0.1, 0.15) is 42.1 Å². The van der Waals surface area contributed by atoms with Crippen LogP contribution in [0.4, 0.5) is 0 Å². The molecular weight excluding hydrogens is 256 g/mol. The minimum Gasteiger partial charge on any atom is -0.493 e. The van der Waals surface area contributed by atoms with Gasteiger partial charge in [0.1, 0.15) is 6.29 Å². The van der Waals surface area contributed by atoms with Crippen molar-refractivity contribution >= 4 is 12.3 Å². The molecule has 0 bridgehead atoms. The van der Waals surface area contributed by atoms with E-state index in [2.05, 4.69) is 6.58 Å². The van der Waals surface area contributed by atoms with Gasteiger partial charge in [0, 0.05) is 17.5 Å². The van der Waals surface area contributed by atoms with Crippen LogP contribution in [0.15, 0.2) is 24.8 Å². The summed E-state index contributed by atoms with van der Waals surface area (Å²) in [6.07, 6.45) is 4.99. The third-order valence-corrected chi connectivity index (χ3v) is 2.82. The van der Waals surface area contributed by atoms with Crippen molar-refractivity contribution in [1.82, 2.24) is 0 Å². The van der Waals surface area contributed by atoms with Crippen LogP contribution in [0.5, 0.6) is 11.5 Å². The summed E-state index contributed by atoms with van der Waals surface area (Å²) >= 11 is 0. The van der Waals surface area contributed by atoms with E-state index in [1.54, 1.807) is 18.2 Å². The van der Waals surface area contributed by atoms with Gasteiger partial charge in [-0.1, -0.05) is 19.4 Å². The Labute approximate surface area is 119 Å². The molecule has 0 fully saturated rings. The summed E-state index contributed by atoms with van der Waals surface area (Å²) in [6.45, 7) is 5.68. The van der Waals surface area contributed by atoms with Crippen molar-refractivity contribution in [3.8, 4) is 11.5 Å². The van der Waals surface area contributed by atoms with Gasteiger partial charge in [-0.15, -0.1) is 6.58 Å². The first kappa shape index (κ1) is 16.0. The van der Waals surface area contributed by atoms with E-state index in [-0.39, 0.29) is 5.97 Å². The molecule has 0 amide bonds. The highest BCUT2D eigenvalue weighted by Gasteiger charge is 2.16. The fourth-order valence-electron chi connectivity index (χ4n) is 1.81. The number of carbonyl (C=O) groups excluding carboxylic acids is 2. The second kappa shape index (κ2) is 8.15. The molecule has 0 aliphatic rings. The number of aldehydes is 1. The van der Waals surface area contributed by atoms with Crippen LogP contribution in [-0.4, -0.2) is 19.4 Å². The highest BCUT2D eigenvalue weighted by Crippen LogP contribution is 2.33. The van der Waals surface area contributed by atoms with Crippen molar-refractivity contribution < 1.29 is 19.1 Å². The molecule has 0 heterocycles. The lowest BCUT2D eigenvalue weighted by atomic mass is 10.1. The van der Waals surface area contributed by atoms with Gasteiger partial charge in [0.15, 0.2) is 11.5 Å². The van der Waals surface area contributed by atoms with Gasteiger partial charge >= 0.3 is 5.97 Å². The molecule has 4 nitrogen and oxygen atoms in total. The third-order valence-electron chi connectivity index (χ3n) is 2.82. The maximum atomic E-state index is 11.8. The van der Waals surface area contributed by atoms with E-state index < -0.39 is 0 Å². The van der Waals surface area contributed by atoms with Crippen molar-refractivity contribution in [1.29, 1.82) is 0 Å². The van der Waals surface area contributed by atoms with Crippen molar-refractivity contribution in [3.05, 3.63) is 35.9 Å². The molecule has 0 aromatic heterocycles. The lowest BCUT2D eigenvalue weighted by Crippen LogP contribution is -2.10. The minimum atomic E-state index is -0.297. The van der Waals surface area contributed by atoms with E-state index >= 15 is 0 Å². The van der Waals surface area contributed by atoms with E-state index in [9.17, 15) is 9.59 Å². The minimum absolute atomic E-state index is 0.297. The predicted octanol–water partition coefficient (Wildman–Crippen LogP) is 3.33. The highest BCUT2D eigenvalue weighted by molar-refractivity contribution is 5.79. The van der Waals surface area contributed by atoms with Gasteiger partial charge in [-0.25, -0.2) is 0 Å². The Morgan fingerprint density at radius 2 is 2.15 bits per heavy atom. The second-order valence-electron chi connectivity index (χ2n) is 4.40.